The molecular formula is C22H15Cl3FNO2S. The van der Waals surface area contributed by atoms with Crippen molar-refractivity contribution in [3.8, 4) is 5.75 Å². The van der Waals surface area contributed by atoms with Crippen LogP contribution in [0.3, 0.4) is 0 Å². The third kappa shape index (κ3) is 4.54. The van der Waals surface area contributed by atoms with E-state index in [1.54, 1.807) is 41.3 Å². The van der Waals surface area contributed by atoms with Crippen LogP contribution in [0.5, 0.6) is 5.75 Å². The molecule has 1 heterocycles. The molecule has 0 spiro atoms. The van der Waals surface area contributed by atoms with E-state index in [1.807, 2.05) is 12.1 Å². The lowest BCUT2D eigenvalue weighted by Crippen LogP contribution is -2.27. The number of thioether (sulfide) groups is 1. The number of nitrogens with zero attached hydrogens (tertiary/aromatic N) is 1. The topological polar surface area (TPSA) is 29.5 Å². The van der Waals surface area contributed by atoms with E-state index in [0.717, 1.165) is 16.8 Å². The van der Waals surface area contributed by atoms with E-state index in [0.29, 0.717) is 26.6 Å². The minimum absolute atomic E-state index is 0.00352. The Hall–Kier alpha value is -1.92. The van der Waals surface area contributed by atoms with Crippen LogP contribution in [-0.2, 0) is 11.4 Å². The minimum Gasteiger partial charge on any atom is -0.486 e. The fourth-order valence-corrected chi connectivity index (χ4v) is 5.04. The number of ether oxygens (including phenoxy) is 1. The summed E-state index contributed by atoms with van der Waals surface area (Å²) in [5.74, 6) is 0.383. The summed E-state index contributed by atoms with van der Waals surface area (Å²) in [4.78, 5) is 14.2. The van der Waals surface area contributed by atoms with Gasteiger partial charge < -0.3 is 4.74 Å². The molecule has 1 saturated heterocycles. The number of carbonyl (C=O) groups is 1. The summed E-state index contributed by atoms with van der Waals surface area (Å²) in [5.41, 5.74) is 2.34. The first-order valence-electron chi connectivity index (χ1n) is 8.98. The minimum atomic E-state index is -0.312. The summed E-state index contributed by atoms with van der Waals surface area (Å²) >= 11 is 20.4. The Morgan fingerprint density at radius 1 is 1.00 bits per heavy atom. The Balaban J connectivity index is 1.58. The molecule has 0 radical (unpaired) electrons. The summed E-state index contributed by atoms with van der Waals surface area (Å²) in [6.07, 6.45) is 0. The van der Waals surface area contributed by atoms with Crippen molar-refractivity contribution in [3.05, 3.63) is 92.7 Å². The van der Waals surface area contributed by atoms with Crippen LogP contribution in [0.4, 0.5) is 10.1 Å². The fourth-order valence-electron chi connectivity index (χ4n) is 3.15. The zero-order chi connectivity index (χ0) is 21.3. The third-order valence-electron chi connectivity index (χ3n) is 4.57. The molecule has 3 aromatic carbocycles. The molecule has 0 N–H and O–H groups in total. The van der Waals surface area contributed by atoms with Crippen LogP contribution in [0.2, 0.25) is 15.1 Å². The molecule has 0 bridgehead atoms. The van der Waals surface area contributed by atoms with Crippen LogP contribution in [0.25, 0.3) is 0 Å². The van der Waals surface area contributed by atoms with Crippen LogP contribution < -0.4 is 9.64 Å². The highest BCUT2D eigenvalue weighted by Gasteiger charge is 2.34. The standard InChI is InChI=1S/C22H15Cl3FNO2S/c23-15-3-7-17(8-4-15)27-20(28)12-30-22(27)14-9-18(24)21(19(25)10-14)29-11-13-1-5-16(26)6-2-13/h1-10,22H,11-12H2/t22-/m1/s1. The molecule has 3 nitrogen and oxygen atoms in total. The van der Waals surface area contributed by atoms with E-state index in [2.05, 4.69) is 0 Å². The maximum Gasteiger partial charge on any atom is 0.238 e. The van der Waals surface area contributed by atoms with Crippen LogP contribution >= 0.6 is 46.6 Å². The van der Waals surface area contributed by atoms with Gasteiger partial charge in [0, 0.05) is 10.7 Å². The average Bonchev–Trinajstić information content (AvgIpc) is 3.11. The van der Waals surface area contributed by atoms with Crippen molar-refractivity contribution in [3.63, 3.8) is 0 Å². The van der Waals surface area contributed by atoms with Gasteiger partial charge in [0.2, 0.25) is 5.91 Å². The molecule has 4 rings (SSSR count). The van der Waals surface area contributed by atoms with Gasteiger partial charge in [-0.25, -0.2) is 4.39 Å². The van der Waals surface area contributed by atoms with E-state index in [1.165, 1.54) is 23.9 Å². The molecule has 1 aliphatic rings. The molecule has 0 saturated carbocycles. The first kappa shape index (κ1) is 21.3. The number of hydrogen-bond acceptors (Lipinski definition) is 3. The average molecular weight is 483 g/mol. The van der Waals surface area contributed by atoms with E-state index in [-0.39, 0.29) is 23.7 Å². The van der Waals surface area contributed by atoms with Crippen molar-refractivity contribution in [1.82, 2.24) is 0 Å². The molecule has 30 heavy (non-hydrogen) atoms. The lowest BCUT2D eigenvalue weighted by Gasteiger charge is -2.25. The number of amides is 1. The molecular weight excluding hydrogens is 468 g/mol. The third-order valence-corrected chi connectivity index (χ3v) is 6.60. The number of halogens is 4. The molecule has 154 valence electrons. The maximum absolute atomic E-state index is 13.1. The monoisotopic (exact) mass is 481 g/mol. The summed E-state index contributed by atoms with van der Waals surface area (Å²) in [7, 11) is 0. The van der Waals surface area contributed by atoms with Gasteiger partial charge in [-0.3, -0.25) is 9.69 Å². The SMILES string of the molecule is O=C1CS[C@H](c2cc(Cl)c(OCc3ccc(F)cc3)c(Cl)c2)N1c1ccc(Cl)cc1. The number of rotatable bonds is 5. The van der Waals surface area contributed by atoms with Crippen LogP contribution in [0.1, 0.15) is 16.5 Å². The van der Waals surface area contributed by atoms with Gasteiger partial charge >= 0.3 is 0 Å². The Morgan fingerprint density at radius 3 is 2.27 bits per heavy atom. The summed E-state index contributed by atoms with van der Waals surface area (Å²) in [6.45, 7) is 0.201. The van der Waals surface area contributed by atoms with Crippen molar-refractivity contribution in [2.75, 3.05) is 10.7 Å². The first-order chi connectivity index (χ1) is 14.4. The Labute approximate surface area is 192 Å². The Kier molecular flexibility index (Phi) is 6.44. The molecule has 0 aromatic heterocycles. The highest BCUT2D eigenvalue weighted by Crippen LogP contribution is 2.45. The normalized spacial score (nSPS) is 16.2. The molecule has 1 atom stereocenters. The number of hydrogen-bond donors (Lipinski definition) is 0. The Morgan fingerprint density at radius 2 is 1.63 bits per heavy atom. The first-order valence-corrected chi connectivity index (χ1v) is 11.2. The smallest absolute Gasteiger partial charge is 0.238 e. The van der Waals surface area contributed by atoms with Crippen LogP contribution in [-0.4, -0.2) is 11.7 Å². The van der Waals surface area contributed by atoms with Crippen LogP contribution in [0.15, 0.2) is 60.7 Å². The van der Waals surface area contributed by atoms with Crippen molar-refractivity contribution < 1.29 is 13.9 Å². The van der Waals surface area contributed by atoms with Gasteiger partial charge in [0.25, 0.3) is 0 Å². The van der Waals surface area contributed by atoms with Gasteiger partial charge in [-0.05, 0) is 59.7 Å². The predicted molar refractivity (Wildman–Crippen MR) is 121 cm³/mol. The van der Waals surface area contributed by atoms with E-state index in [9.17, 15) is 9.18 Å². The van der Waals surface area contributed by atoms with Gasteiger partial charge in [-0.2, -0.15) is 0 Å². The molecule has 1 fully saturated rings. The highest BCUT2D eigenvalue weighted by atomic mass is 35.5. The number of carbonyl (C=O) groups excluding carboxylic acids is 1. The zero-order valence-electron chi connectivity index (χ0n) is 15.4. The summed E-state index contributed by atoms with van der Waals surface area (Å²) in [5, 5.41) is 1.02. The largest absolute Gasteiger partial charge is 0.486 e. The van der Waals surface area contributed by atoms with Crippen molar-refractivity contribution in [2.24, 2.45) is 0 Å². The second-order valence-corrected chi connectivity index (χ2v) is 8.95. The van der Waals surface area contributed by atoms with Crippen molar-refractivity contribution in [2.45, 2.75) is 12.0 Å². The molecule has 1 aliphatic heterocycles. The molecule has 1 amide bonds. The predicted octanol–water partition coefficient (Wildman–Crippen LogP) is 7.14. The fraction of sp³-hybridized carbons (Fsp3) is 0.136. The van der Waals surface area contributed by atoms with E-state index in [4.69, 9.17) is 39.5 Å². The maximum atomic E-state index is 13.1. The van der Waals surface area contributed by atoms with Gasteiger partial charge in [-0.1, -0.05) is 46.9 Å². The molecule has 3 aromatic rings. The van der Waals surface area contributed by atoms with Crippen molar-refractivity contribution >= 4 is 58.2 Å². The van der Waals surface area contributed by atoms with Gasteiger partial charge in [-0.15, -0.1) is 11.8 Å². The summed E-state index contributed by atoms with van der Waals surface area (Å²) in [6, 6.07) is 16.6. The number of anilines is 1. The molecule has 0 unspecified atom stereocenters. The number of benzene rings is 3. The van der Waals surface area contributed by atoms with E-state index >= 15 is 0 Å². The highest BCUT2D eigenvalue weighted by molar-refractivity contribution is 8.00. The quantitative estimate of drug-likeness (QED) is 0.387. The summed E-state index contributed by atoms with van der Waals surface area (Å²) < 4.78 is 18.8. The van der Waals surface area contributed by atoms with Crippen LogP contribution in [0, 0.1) is 5.82 Å². The van der Waals surface area contributed by atoms with Crippen molar-refractivity contribution in [1.29, 1.82) is 0 Å². The Bertz CT molecular complexity index is 1050. The lowest BCUT2D eigenvalue weighted by atomic mass is 10.1. The molecule has 0 aliphatic carbocycles. The lowest BCUT2D eigenvalue weighted by molar-refractivity contribution is -0.115. The molecule has 8 heteroatoms. The second-order valence-electron chi connectivity index (χ2n) is 6.63. The zero-order valence-corrected chi connectivity index (χ0v) is 18.5. The van der Waals surface area contributed by atoms with Gasteiger partial charge in [0.15, 0.2) is 5.75 Å². The van der Waals surface area contributed by atoms with E-state index < -0.39 is 0 Å². The van der Waals surface area contributed by atoms with Gasteiger partial charge in [0.05, 0.1) is 15.8 Å². The second kappa shape index (κ2) is 9.06. The van der Waals surface area contributed by atoms with Gasteiger partial charge in [0.1, 0.15) is 17.8 Å².